The molecule has 4 nitrogen and oxygen atoms in total. The Morgan fingerprint density at radius 1 is 0.654 bits per heavy atom. The van der Waals surface area contributed by atoms with E-state index in [2.05, 4.69) is 48.3 Å². The fourth-order valence-corrected chi connectivity index (χ4v) is 2.73. The molecule has 0 aliphatic carbocycles. The average molecular weight is 353 g/mol. The zero-order valence-corrected chi connectivity index (χ0v) is 16.9. The van der Waals surface area contributed by atoms with Gasteiger partial charge in [-0.2, -0.15) is 10.2 Å². The van der Waals surface area contributed by atoms with Crippen LogP contribution in [0.5, 0.6) is 0 Å². The summed E-state index contributed by atoms with van der Waals surface area (Å²) in [6.07, 6.45) is 1.87. The molecule has 0 amide bonds. The quantitative estimate of drug-likeness (QED) is 0.662. The minimum atomic E-state index is -0.408. The lowest BCUT2D eigenvalue weighted by Gasteiger charge is -2.21. The van der Waals surface area contributed by atoms with E-state index < -0.39 is 11.1 Å². The van der Waals surface area contributed by atoms with Gasteiger partial charge in [0, 0.05) is 11.1 Å². The van der Waals surface area contributed by atoms with Gasteiger partial charge in [-0.15, -0.1) is 0 Å². The van der Waals surface area contributed by atoms with Crippen LogP contribution in [0, 0.1) is 0 Å². The summed E-state index contributed by atoms with van der Waals surface area (Å²) in [6.45, 7) is 12.3. The van der Waals surface area contributed by atoms with Crippen molar-refractivity contribution in [3.8, 4) is 0 Å². The lowest BCUT2D eigenvalue weighted by Crippen LogP contribution is -2.28. The van der Waals surface area contributed by atoms with Gasteiger partial charge in [0.25, 0.3) is 0 Å². The van der Waals surface area contributed by atoms with Crippen molar-refractivity contribution in [2.45, 2.75) is 65.5 Å². The molecule has 4 N–H and O–H groups in total. The summed E-state index contributed by atoms with van der Waals surface area (Å²) in [5.74, 6) is 0. The third kappa shape index (κ3) is 5.23. The molecule has 0 radical (unpaired) electrons. The molecule has 4 heteroatoms. The largest absolute Gasteiger partial charge is 0.322 e. The summed E-state index contributed by atoms with van der Waals surface area (Å²) in [7, 11) is 0. The van der Waals surface area contributed by atoms with Crippen molar-refractivity contribution in [2.75, 3.05) is 0 Å². The fourth-order valence-electron chi connectivity index (χ4n) is 2.73. The van der Waals surface area contributed by atoms with Crippen LogP contribution in [0.25, 0.3) is 0 Å². The van der Waals surface area contributed by atoms with E-state index in [1.54, 1.807) is 0 Å². The van der Waals surface area contributed by atoms with E-state index in [4.69, 9.17) is 11.5 Å². The predicted molar refractivity (Wildman–Crippen MR) is 110 cm³/mol. The molecule has 0 heterocycles. The zero-order valence-electron chi connectivity index (χ0n) is 16.9. The van der Waals surface area contributed by atoms with Crippen LogP contribution in [0.2, 0.25) is 0 Å². The third-order valence-corrected chi connectivity index (χ3v) is 4.54. The first-order chi connectivity index (χ1) is 12.0. The highest BCUT2D eigenvalue weighted by Gasteiger charge is 2.17. The van der Waals surface area contributed by atoms with E-state index in [0.29, 0.717) is 0 Å². The summed E-state index contributed by atoms with van der Waals surface area (Å²) in [5.41, 5.74) is 17.9. The van der Waals surface area contributed by atoms with Crippen molar-refractivity contribution in [1.82, 2.24) is 0 Å². The van der Waals surface area contributed by atoms with Crippen LogP contribution in [-0.2, 0) is 23.9 Å². The summed E-state index contributed by atoms with van der Waals surface area (Å²) < 4.78 is 0. The van der Waals surface area contributed by atoms with Crippen molar-refractivity contribution in [1.29, 1.82) is 0 Å². The van der Waals surface area contributed by atoms with Crippen LogP contribution in [-0.4, -0.2) is 0 Å². The van der Waals surface area contributed by atoms with Crippen LogP contribution in [0.3, 0.4) is 0 Å². The van der Waals surface area contributed by atoms with Gasteiger partial charge < -0.3 is 11.5 Å². The monoisotopic (exact) mass is 352 g/mol. The Balaban J connectivity index is 2.44. The zero-order chi connectivity index (χ0) is 19.5. The molecule has 0 aromatic heterocycles. The second-order valence-electron chi connectivity index (χ2n) is 8.13. The number of nitrogens with zero attached hydrogens (tertiary/aromatic N) is 2. The molecule has 0 saturated carbocycles. The summed E-state index contributed by atoms with van der Waals surface area (Å²) >= 11 is 0. The molecule has 0 aliphatic heterocycles. The Labute approximate surface area is 157 Å². The van der Waals surface area contributed by atoms with Crippen LogP contribution >= 0.6 is 0 Å². The molecule has 140 valence electrons. The van der Waals surface area contributed by atoms with E-state index >= 15 is 0 Å². The maximum absolute atomic E-state index is 6.28. The summed E-state index contributed by atoms with van der Waals surface area (Å²) in [5, 5.41) is 8.97. The highest BCUT2D eigenvalue weighted by atomic mass is 15.1. The summed E-state index contributed by atoms with van der Waals surface area (Å²) in [6, 6.07) is 12.4. The smallest absolute Gasteiger partial charge is 0.0863 e. The first kappa shape index (κ1) is 20.3. The van der Waals surface area contributed by atoms with E-state index in [9.17, 15) is 0 Å². The van der Waals surface area contributed by atoms with Gasteiger partial charge in [0.15, 0.2) is 0 Å². The summed E-state index contributed by atoms with van der Waals surface area (Å²) in [4.78, 5) is 0. The maximum atomic E-state index is 6.28. The Hall–Kier alpha value is -2.04. The van der Waals surface area contributed by atoms with Gasteiger partial charge in [0.1, 0.15) is 0 Å². The SMILES string of the molecule is CCc1cc(N=Nc2cc(CC)cc(C(C)(C)N)c2)cc(C(C)(C)N)c1. The second kappa shape index (κ2) is 7.68. The Kier molecular flexibility index (Phi) is 5.99. The maximum Gasteiger partial charge on any atom is 0.0863 e. The number of benzene rings is 2. The molecule has 2 rings (SSSR count). The van der Waals surface area contributed by atoms with E-state index in [1.807, 2.05) is 39.8 Å². The Bertz CT molecular complexity index is 725. The van der Waals surface area contributed by atoms with Crippen molar-refractivity contribution in [3.05, 3.63) is 58.7 Å². The number of nitrogens with two attached hydrogens (primary N) is 2. The minimum absolute atomic E-state index is 0.408. The number of azo groups is 1. The van der Waals surface area contributed by atoms with Crippen LogP contribution < -0.4 is 11.5 Å². The van der Waals surface area contributed by atoms with E-state index in [1.165, 1.54) is 11.1 Å². The van der Waals surface area contributed by atoms with Gasteiger partial charge in [0.2, 0.25) is 0 Å². The van der Waals surface area contributed by atoms with Crippen LogP contribution in [0.15, 0.2) is 46.6 Å². The molecule has 0 fully saturated rings. The topological polar surface area (TPSA) is 76.8 Å². The van der Waals surface area contributed by atoms with Crippen LogP contribution in [0.1, 0.15) is 63.8 Å². The molecular formula is C22H32N4. The van der Waals surface area contributed by atoms with Crippen molar-refractivity contribution in [3.63, 3.8) is 0 Å². The second-order valence-corrected chi connectivity index (χ2v) is 8.13. The number of rotatable bonds is 6. The van der Waals surface area contributed by atoms with E-state index in [0.717, 1.165) is 35.3 Å². The molecule has 0 saturated heterocycles. The standard InChI is InChI=1S/C22H32N4/c1-7-15-9-17(21(3,4)23)13-19(11-15)25-26-20-12-16(8-2)10-18(14-20)22(5,6)24/h9-14H,7-8,23-24H2,1-6H3. The van der Waals surface area contributed by atoms with Gasteiger partial charge in [-0.25, -0.2) is 0 Å². The normalized spacial score (nSPS) is 12.8. The number of hydrogen-bond acceptors (Lipinski definition) is 4. The fraction of sp³-hybridized carbons (Fsp3) is 0.455. The first-order valence-electron chi connectivity index (χ1n) is 9.31. The Morgan fingerprint density at radius 3 is 1.27 bits per heavy atom. The molecule has 0 spiro atoms. The highest BCUT2D eigenvalue weighted by molar-refractivity contribution is 5.49. The third-order valence-electron chi connectivity index (χ3n) is 4.54. The molecule has 2 aromatic rings. The van der Waals surface area contributed by atoms with Gasteiger partial charge in [-0.1, -0.05) is 26.0 Å². The molecular weight excluding hydrogens is 320 g/mol. The molecule has 26 heavy (non-hydrogen) atoms. The Morgan fingerprint density at radius 2 is 1.00 bits per heavy atom. The number of hydrogen-bond donors (Lipinski definition) is 2. The number of aryl methyl sites for hydroxylation is 2. The minimum Gasteiger partial charge on any atom is -0.322 e. The van der Waals surface area contributed by atoms with Crippen molar-refractivity contribution >= 4 is 11.4 Å². The molecule has 0 bridgehead atoms. The van der Waals surface area contributed by atoms with Gasteiger partial charge in [-0.3, -0.25) is 0 Å². The van der Waals surface area contributed by atoms with Gasteiger partial charge in [0.05, 0.1) is 11.4 Å². The average Bonchev–Trinajstić information content (AvgIpc) is 2.57. The molecule has 0 atom stereocenters. The van der Waals surface area contributed by atoms with Crippen LogP contribution in [0.4, 0.5) is 11.4 Å². The molecule has 0 aliphatic rings. The van der Waals surface area contributed by atoms with Crippen molar-refractivity contribution < 1.29 is 0 Å². The first-order valence-corrected chi connectivity index (χ1v) is 9.31. The van der Waals surface area contributed by atoms with Gasteiger partial charge in [-0.05, 0) is 87.1 Å². The van der Waals surface area contributed by atoms with E-state index in [-0.39, 0.29) is 0 Å². The lowest BCUT2D eigenvalue weighted by molar-refractivity contribution is 0.553. The lowest BCUT2D eigenvalue weighted by atomic mass is 9.93. The predicted octanol–water partition coefficient (Wildman–Crippen LogP) is 5.61. The van der Waals surface area contributed by atoms with Gasteiger partial charge >= 0.3 is 0 Å². The highest BCUT2D eigenvalue weighted by Crippen LogP contribution is 2.29. The van der Waals surface area contributed by atoms with Crippen molar-refractivity contribution in [2.24, 2.45) is 21.7 Å². The molecule has 0 unspecified atom stereocenters. The molecule has 2 aromatic carbocycles.